The van der Waals surface area contributed by atoms with Gasteiger partial charge in [-0.25, -0.2) is 0 Å². The number of benzene rings is 1. The predicted octanol–water partition coefficient (Wildman–Crippen LogP) is 8.34. The second kappa shape index (κ2) is 22.2. The van der Waals surface area contributed by atoms with Gasteiger partial charge in [0.25, 0.3) is 0 Å². The van der Waals surface area contributed by atoms with Crippen molar-refractivity contribution >= 4 is 17.7 Å². The van der Waals surface area contributed by atoms with E-state index in [2.05, 4.69) is 12.2 Å². The summed E-state index contributed by atoms with van der Waals surface area (Å²) in [7, 11) is 0. The Labute approximate surface area is 197 Å². The van der Waals surface area contributed by atoms with Gasteiger partial charge in [0, 0.05) is 12.3 Å². The molecule has 1 aromatic rings. The summed E-state index contributed by atoms with van der Waals surface area (Å²) in [6.07, 6.45) is 23.3. The Morgan fingerprint density at radius 1 is 0.677 bits per heavy atom. The van der Waals surface area contributed by atoms with Crippen LogP contribution in [0.1, 0.15) is 115 Å². The van der Waals surface area contributed by atoms with Crippen LogP contribution in [0, 0.1) is 0 Å². The van der Waals surface area contributed by atoms with Crippen LogP contribution in [0.15, 0.2) is 30.3 Å². The zero-order valence-corrected chi connectivity index (χ0v) is 21.2. The van der Waals surface area contributed by atoms with Crippen LogP contribution < -0.4 is 5.32 Å². The largest absolute Gasteiger partial charge is 0.355 e. The van der Waals surface area contributed by atoms with Gasteiger partial charge in [0.15, 0.2) is 0 Å². The van der Waals surface area contributed by atoms with Crippen LogP contribution in [0.4, 0.5) is 0 Å². The topological polar surface area (TPSA) is 29.1 Å². The molecular weight excluding hydrogens is 398 g/mol. The fraction of sp³-hybridized carbons (Fsp3) is 0.750. The first-order valence-electron chi connectivity index (χ1n) is 13.2. The fourth-order valence-electron chi connectivity index (χ4n) is 3.96. The van der Waals surface area contributed by atoms with Gasteiger partial charge in [-0.1, -0.05) is 134 Å². The predicted molar refractivity (Wildman–Crippen MR) is 140 cm³/mol. The Kier molecular flexibility index (Phi) is 20.1. The molecule has 0 heterocycles. The van der Waals surface area contributed by atoms with Crippen molar-refractivity contribution < 1.29 is 4.79 Å². The number of carbonyl (C=O) groups excluding carboxylic acids is 1. The first kappa shape index (κ1) is 28.1. The zero-order valence-electron chi connectivity index (χ0n) is 20.3. The van der Waals surface area contributed by atoms with E-state index in [-0.39, 0.29) is 5.91 Å². The third kappa shape index (κ3) is 19.5. The minimum absolute atomic E-state index is 0.134. The molecule has 0 saturated carbocycles. The maximum Gasteiger partial charge on any atom is 0.224 e. The first-order valence-corrected chi connectivity index (χ1v) is 14.4. The van der Waals surface area contributed by atoms with Crippen LogP contribution in [0.25, 0.3) is 0 Å². The molecule has 1 rings (SSSR count). The summed E-state index contributed by atoms with van der Waals surface area (Å²) >= 11 is 1.97. The van der Waals surface area contributed by atoms with E-state index < -0.39 is 0 Å². The van der Waals surface area contributed by atoms with Gasteiger partial charge < -0.3 is 5.32 Å². The van der Waals surface area contributed by atoms with Gasteiger partial charge in [-0.15, -0.1) is 0 Å². The number of unbranched alkanes of at least 4 members (excludes halogenated alkanes) is 15. The molecule has 0 aliphatic heterocycles. The number of amides is 1. The number of thioether (sulfide) groups is 1. The smallest absolute Gasteiger partial charge is 0.224 e. The van der Waals surface area contributed by atoms with E-state index >= 15 is 0 Å². The highest BCUT2D eigenvalue weighted by atomic mass is 32.2. The number of hydrogen-bond donors (Lipinski definition) is 1. The van der Waals surface area contributed by atoms with E-state index in [0.29, 0.717) is 6.42 Å². The third-order valence-corrected chi connectivity index (χ3v) is 6.99. The van der Waals surface area contributed by atoms with Gasteiger partial charge in [0.1, 0.15) is 0 Å². The van der Waals surface area contributed by atoms with Crippen molar-refractivity contribution in [1.29, 1.82) is 0 Å². The van der Waals surface area contributed by atoms with Crippen molar-refractivity contribution in [3.63, 3.8) is 0 Å². The first-order chi connectivity index (χ1) is 15.3. The van der Waals surface area contributed by atoms with Crippen molar-refractivity contribution in [2.75, 3.05) is 18.1 Å². The Morgan fingerprint density at radius 3 is 1.68 bits per heavy atom. The van der Waals surface area contributed by atoms with Crippen molar-refractivity contribution in [3.8, 4) is 0 Å². The Morgan fingerprint density at radius 2 is 1.16 bits per heavy atom. The van der Waals surface area contributed by atoms with Crippen molar-refractivity contribution in [2.45, 2.75) is 116 Å². The summed E-state index contributed by atoms with van der Waals surface area (Å²) in [6, 6.07) is 9.96. The second-order valence-electron chi connectivity index (χ2n) is 8.93. The normalized spacial score (nSPS) is 11.0. The standard InChI is InChI=1S/C28H49NOS/c1-2-3-4-5-6-7-8-9-10-11-12-13-14-15-16-20-24-31-25-23-29-28(30)26-27-21-18-17-19-22-27/h17-19,21-22H,2-16,20,23-26H2,1H3,(H,29,30). The van der Waals surface area contributed by atoms with Crippen molar-refractivity contribution in [3.05, 3.63) is 35.9 Å². The summed E-state index contributed by atoms with van der Waals surface area (Å²) in [6.45, 7) is 3.08. The van der Waals surface area contributed by atoms with Gasteiger partial charge in [0.2, 0.25) is 5.91 Å². The second-order valence-corrected chi connectivity index (χ2v) is 10.2. The van der Waals surface area contributed by atoms with E-state index in [0.717, 1.165) is 17.9 Å². The average Bonchev–Trinajstić information content (AvgIpc) is 2.78. The monoisotopic (exact) mass is 447 g/mol. The molecule has 0 unspecified atom stereocenters. The summed E-state index contributed by atoms with van der Waals surface area (Å²) < 4.78 is 0. The minimum Gasteiger partial charge on any atom is -0.355 e. The van der Waals surface area contributed by atoms with Crippen LogP contribution in [0.3, 0.4) is 0 Å². The third-order valence-electron chi connectivity index (χ3n) is 5.92. The summed E-state index contributed by atoms with van der Waals surface area (Å²) in [5.41, 5.74) is 1.08. The van der Waals surface area contributed by atoms with Crippen molar-refractivity contribution in [1.82, 2.24) is 5.32 Å². The molecule has 0 aliphatic carbocycles. The van der Waals surface area contributed by atoms with E-state index in [9.17, 15) is 4.79 Å². The van der Waals surface area contributed by atoms with Crippen LogP contribution in [-0.4, -0.2) is 24.0 Å². The average molecular weight is 448 g/mol. The maximum atomic E-state index is 11.9. The summed E-state index contributed by atoms with van der Waals surface area (Å²) in [5.74, 6) is 2.39. The fourth-order valence-corrected chi connectivity index (χ4v) is 4.82. The van der Waals surface area contributed by atoms with Gasteiger partial charge >= 0.3 is 0 Å². The molecule has 1 amide bonds. The highest BCUT2D eigenvalue weighted by Gasteiger charge is 2.02. The van der Waals surface area contributed by atoms with E-state index in [4.69, 9.17) is 0 Å². The molecule has 0 saturated heterocycles. The van der Waals surface area contributed by atoms with Crippen LogP contribution in [0.2, 0.25) is 0 Å². The number of carbonyl (C=O) groups is 1. The molecule has 178 valence electrons. The highest BCUT2D eigenvalue weighted by Crippen LogP contribution is 2.14. The van der Waals surface area contributed by atoms with Gasteiger partial charge in [-0.05, 0) is 17.7 Å². The lowest BCUT2D eigenvalue weighted by Crippen LogP contribution is -2.27. The quantitative estimate of drug-likeness (QED) is 0.181. The van der Waals surface area contributed by atoms with E-state index in [1.54, 1.807) is 0 Å². The SMILES string of the molecule is CCCCCCCCCCCCCCCCCCSCCNC(=O)Cc1ccccc1. The molecule has 0 bridgehead atoms. The summed E-state index contributed by atoms with van der Waals surface area (Å²) in [5, 5.41) is 3.03. The number of rotatable bonds is 22. The maximum absolute atomic E-state index is 11.9. The minimum atomic E-state index is 0.134. The van der Waals surface area contributed by atoms with Gasteiger partial charge in [-0.3, -0.25) is 4.79 Å². The molecule has 0 radical (unpaired) electrons. The van der Waals surface area contributed by atoms with Gasteiger partial charge in [0.05, 0.1) is 6.42 Å². The van der Waals surface area contributed by atoms with Crippen LogP contribution >= 0.6 is 11.8 Å². The van der Waals surface area contributed by atoms with E-state index in [1.165, 1.54) is 108 Å². The van der Waals surface area contributed by atoms with Crippen LogP contribution in [0.5, 0.6) is 0 Å². The Hall–Kier alpha value is -0.960. The summed E-state index contributed by atoms with van der Waals surface area (Å²) in [4.78, 5) is 11.9. The number of nitrogens with one attached hydrogen (secondary N) is 1. The molecule has 2 nitrogen and oxygen atoms in total. The molecule has 1 aromatic carbocycles. The lowest BCUT2D eigenvalue weighted by Gasteiger charge is -2.06. The molecule has 0 aliphatic rings. The molecule has 0 fully saturated rings. The Bertz CT molecular complexity index is 505. The Balaban J connectivity index is 1.71. The molecule has 31 heavy (non-hydrogen) atoms. The van der Waals surface area contributed by atoms with E-state index in [1.807, 2.05) is 42.1 Å². The molecule has 0 spiro atoms. The van der Waals surface area contributed by atoms with Crippen molar-refractivity contribution in [2.24, 2.45) is 0 Å². The lowest BCUT2D eigenvalue weighted by molar-refractivity contribution is -0.120. The molecule has 1 N–H and O–H groups in total. The highest BCUT2D eigenvalue weighted by molar-refractivity contribution is 7.99. The molecule has 0 aromatic heterocycles. The zero-order chi connectivity index (χ0) is 22.2. The van der Waals surface area contributed by atoms with Gasteiger partial charge in [-0.2, -0.15) is 11.8 Å². The molecular formula is C28H49NOS. The molecule has 3 heteroatoms. The lowest BCUT2D eigenvalue weighted by atomic mass is 10.0. The molecule has 0 atom stereocenters. The number of hydrogen-bond acceptors (Lipinski definition) is 2. The van der Waals surface area contributed by atoms with Crippen LogP contribution in [-0.2, 0) is 11.2 Å².